The molecule has 0 atom stereocenters. The molecule has 2 N–H and O–H groups in total. The number of carbonyl (C=O) groups excluding carboxylic acids is 1. The van der Waals surface area contributed by atoms with Crippen molar-refractivity contribution < 1.29 is 9.53 Å². The molecule has 0 radical (unpaired) electrons. The van der Waals surface area contributed by atoms with E-state index in [0.717, 1.165) is 17.7 Å². The maximum Gasteiger partial charge on any atom is 0.162 e. The van der Waals surface area contributed by atoms with Crippen LogP contribution in [0.25, 0.3) is 0 Å². The van der Waals surface area contributed by atoms with E-state index in [1.54, 1.807) is 12.1 Å². The van der Waals surface area contributed by atoms with Gasteiger partial charge in [-0.2, -0.15) is 0 Å². The molecule has 0 fully saturated rings. The normalized spacial score (nSPS) is 10.0. The fraction of sp³-hybridized carbons (Fsp3) is 0.417. The number of Topliss-reactive ketones (excluding diaryl/α,β-unsaturated/α-hetero) is 1. The Morgan fingerprint density at radius 2 is 2.00 bits per heavy atom. The molecular weight excluding hydrogens is 190 g/mol. The van der Waals surface area contributed by atoms with Gasteiger partial charge >= 0.3 is 0 Å². The van der Waals surface area contributed by atoms with Crippen molar-refractivity contribution in [2.24, 2.45) is 5.73 Å². The molecule has 0 amide bonds. The van der Waals surface area contributed by atoms with E-state index >= 15 is 0 Å². The molecule has 0 aromatic heterocycles. The first-order valence-electron chi connectivity index (χ1n) is 5.24. The minimum absolute atomic E-state index is 0.156. The van der Waals surface area contributed by atoms with E-state index in [-0.39, 0.29) is 5.78 Å². The van der Waals surface area contributed by atoms with E-state index in [1.807, 2.05) is 19.1 Å². The van der Waals surface area contributed by atoms with Gasteiger partial charge < -0.3 is 10.5 Å². The highest BCUT2D eigenvalue weighted by molar-refractivity contribution is 5.95. The predicted molar refractivity (Wildman–Crippen MR) is 60.2 cm³/mol. The molecule has 0 heterocycles. The van der Waals surface area contributed by atoms with E-state index in [0.29, 0.717) is 19.6 Å². The van der Waals surface area contributed by atoms with Gasteiger partial charge in [-0.25, -0.2) is 0 Å². The zero-order valence-electron chi connectivity index (χ0n) is 9.03. The first kappa shape index (κ1) is 11.7. The molecule has 0 spiro atoms. The highest BCUT2D eigenvalue weighted by Crippen LogP contribution is 2.13. The van der Waals surface area contributed by atoms with E-state index in [1.165, 1.54) is 0 Å². The SMILES string of the molecule is CCC(=O)c1ccc(OCCCN)cc1. The molecule has 1 aromatic carbocycles. The summed E-state index contributed by atoms with van der Waals surface area (Å²) >= 11 is 0. The molecule has 0 bridgehead atoms. The van der Waals surface area contributed by atoms with Crippen LogP contribution in [0.3, 0.4) is 0 Å². The molecule has 0 aliphatic carbocycles. The number of carbonyl (C=O) groups is 1. The minimum Gasteiger partial charge on any atom is -0.494 e. The van der Waals surface area contributed by atoms with Gasteiger partial charge in [0.1, 0.15) is 5.75 Å². The topological polar surface area (TPSA) is 52.3 Å². The molecule has 0 saturated carbocycles. The van der Waals surface area contributed by atoms with Crippen LogP contribution in [0, 0.1) is 0 Å². The maximum absolute atomic E-state index is 11.3. The molecule has 82 valence electrons. The summed E-state index contributed by atoms with van der Waals surface area (Å²) in [7, 11) is 0. The zero-order chi connectivity index (χ0) is 11.1. The van der Waals surface area contributed by atoms with Gasteiger partial charge in [0, 0.05) is 12.0 Å². The van der Waals surface area contributed by atoms with Crippen LogP contribution < -0.4 is 10.5 Å². The lowest BCUT2D eigenvalue weighted by Crippen LogP contribution is -2.06. The molecule has 3 heteroatoms. The molecule has 3 nitrogen and oxygen atoms in total. The Morgan fingerprint density at radius 3 is 2.53 bits per heavy atom. The summed E-state index contributed by atoms with van der Waals surface area (Å²) in [5, 5.41) is 0. The van der Waals surface area contributed by atoms with Crippen LogP contribution in [0.1, 0.15) is 30.1 Å². The smallest absolute Gasteiger partial charge is 0.162 e. The average molecular weight is 207 g/mol. The monoisotopic (exact) mass is 207 g/mol. The number of ether oxygens (including phenoxy) is 1. The number of ketones is 1. The number of nitrogens with two attached hydrogens (primary N) is 1. The van der Waals surface area contributed by atoms with E-state index in [2.05, 4.69) is 0 Å². The van der Waals surface area contributed by atoms with Crippen molar-refractivity contribution >= 4 is 5.78 Å². The quantitative estimate of drug-likeness (QED) is 0.573. The lowest BCUT2D eigenvalue weighted by Gasteiger charge is -2.05. The summed E-state index contributed by atoms with van der Waals surface area (Å²) in [5.74, 6) is 0.944. The molecular formula is C12H17NO2. The molecule has 0 unspecified atom stereocenters. The second kappa shape index (κ2) is 6.19. The Bertz CT molecular complexity index is 306. The Hall–Kier alpha value is -1.35. The molecule has 1 aromatic rings. The van der Waals surface area contributed by atoms with Crippen LogP contribution in [-0.2, 0) is 0 Å². The molecule has 1 rings (SSSR count). The fourth-order valence-electron chi connectivity index (χ4n) is 1.21. The van der Waals surface area contributed by atoms with Crippen molar-refractivity contribution in [3.63, 3.8) is 0 Å². The summed E-state index contributed by atoms with van der Waals surface area (Å²) in [6.45, 7) is 3.11. The van der Waals surface area contributed by atoms with Crippen LogP contribution in [0.4, 0.5) is 0 Å². The third-order valence-corrected chi connectivity index (χ3v) is 2.11. The van der Waals surface area contributed by atoms with Crippen molar-refractivity contribution in [3.05, 3.63) is 29.8 Å². The van der Waals surface area contributed by atoms with Gasteiger partial charge in [-0.3, -0.25) is 4.79 Å². The van der Waals surface area contributed by atoms with Crippen LogP contribution in [0.2, 0.25) is 0 Å². The Balaban J connectivity index is 2.52. The molecule has 0 aliphatic heterocycles. The van der Waals surface area contributed by atoms with Gasteiger partial charge in [0.25, 0.3) is 0 Å². The molecule has 0 aliphatic rings. The largest absolute Gasteiger partial charge is 0.494 e. The van der Waals surface area contributed by atoms with Crippen LogP contribution in [0.5, 0.6) is 5.75 Å². The van der Waals surface area contributed by atoms with Gasteiger partial charge in [-0.05, 0) is 37.2 Å². The van der Waals surface area contributed by atoms with Gasteiger partial charge in [-0.1, -0.05) is 6.92 Å². The summed E-state index contributed by atoms with van der Waals surface area (Å²) in [4.78, 5) is 11.3. The number of benzene rings is 1. The second-order valence-electron chi connectivity index (χ2n) is 3.29. The van der Waals surface area contributed by atoms with E-state index in [9.17, 15) is 4.79 Å². The van der Waals surface area contributed by atoms with Crippen LogP contribution >= 0.6 is 0 Å². The average Bonchev–Trinajstić information content (AvgIpc) is 2.29. The first-order chi connectivity index (χ1) is 7.27. The van der Waals surface area contributed by atoms with Gasteiger partial charge in [0.05, 0.1) is 6.61 Å². The standard InChI is InChI=1S/C12H17NO2/c1-2-12(14)10-4-6-11(7-5-10)15-9-3-8-13/h4-7H,2-3,8-9,13H2,1H3. The third kappa shape index (κ3) is 3.72. The Morgan fingerprint density at radius 1 is 1.33 bits per heavy atom. The van der Waals surface area contributed by atoms with Crippen molar-refractivity contribution in [3.8, 4) is 5.75 Å². The van der Waals surface area contributed by atoms with E-state index < -0.39 is 0 Å². The highest BCUT2D eigenvalue weighted by atomic mass is 16.5. The number of rotatable bonds is 6. The van der Waals surface area contributed by atoms with Crippen molar-refractivity contribution in [1.82, 2.24) is 0 Å². The van der Waals surface area contributed by atoms with Crippen molar-refractivity contribution in [2.75, 3.05) is 13.2 Å². The van der Waals surface area contributed by atoms with Gasteiger partial charge in [-0.15, -0.1) is 0 Å². The lowest BCUT2D eigenvalue weighted by molar-refractivity contribution is 0.0988. The van der Waals surface area contributed by atoms with Crippen molar-refractivity contribution in [1.29, 1.82) is 0 Å². The predicted octanol–water partition coefficient (Wildman–Crippen LogP) is 2.01. The zero-order valence-corrected chi connectivity index (χ0v) is 9.03. The van der Waals surface area contributed by atoms with Crippen molar-refractivity contribution in [2.45, 2.75) is 19.8 Å². The fourth-order valence-corrected chi connectivity index (χ4v) is 1.21. The molecule has 0 saturated heterocycles. The first-order valence-corrected chi connectivity index (χ1v) is 5.24. The van der Waals surface area contributed by atoms with Crippen LogP contribution in [-0.4, -0.2) is 18.9 Å². The summed E-state index contributed by atoms with van der Waals surface area (Å²) in [6, 6.07) is 7.23. The minimum atomic E-state index is 0.156. The van der Waals surface area contributed by atoms with Gasteiger partial charge in [0.2, 0.25) is 0 Å². The second-order valence-corrected chi connectivity index (χ2v) is 3.29. The lowest BCUT2D eigenvalue weighted by atomic mass is 10.1. The Labute approximate surface area is 90.2 Å². The van der Waals surface area contributed by atoms with E-state index in [4.69, 9.17) is 10.5 Å². The molecule has 15 heavy (non-hydrogen) atoms. The highest BCUT2D eigenvalue weighted by Gasteiger charge is 2.02. The summed E-state index contributed by atoms with van der Waals surface area (Å²) in [6.07, 6.45) is 1.38. The number of hydrogen-bond acceptors (Lipinski definition) is 3. The van der Waals surface area contributed by atoms with Gasteiger partial charge in [0.15, 0.2) is 5.78 Å². The number of hydrogen-bond donors (Lipinski definition) is 1. The van der Waals surface area contributed by atoms with Crippen LogP contribution in [0.15, 0.2) is 24.3 Å². The third-order valence-electron chi connectivity index (χ3n) is 2.11. The Kier molecular flexibility index (Phi) is 4.84. The summed E-state index contributed by atoms with van der Waals surface area (Å²) in [5.41, 5.74) is 6.09. The summed E-state index contributed by atoms with van der Waals surface area (Å²) < 4.78 is 5.42. The maximum atomic E-state index is 11.3.